The van der Waals surface area contributed by atoms with Crippen molar-refractivity contribution in [2.45, 2.75) is 0 Å². The van der Waals surface area contributed by atoms with Crippen LogP contribution in [0.25, 0.3) is 0 Å². The monoisotopic (exact) mass is 136 g/mol. The van der Waals surface area contributed by atoms with Crippen LogP contribution < -0.4 is 15.4 Å². The molecule has 0 bridgehead atoms. The van der Waals surface area contributed by atoms with Crippen LogP contribution in [0.15, 0.2) is 12.3 Å². The van der Waals surface area contributed by atoms with E-state index in [4.69, 9.17) is 0 Å². The van der Waals surface area contributed by atoms with Gasteiger partial charge in [0.05, 0.1) is 0 Å². The summed E-state index contributed by atoms with van der Waals surface area (Å²) in [5.74, 6) is 0. The van der Waals surface area contributed by atoms with Crippen LogP contribution in [0.1, 0.15) is 0 Å². The molecule has 0 atom stereocenters. The average Bonchev–Trinajstić information content (AvgIpc) is 1.93. The van der Waals surface area contributed by atoms with E-state index >= 15 is 0 Å². The molecule has 0 amide bonds. The topological polar surface area (TPSA) is 36.1 Å². The Morgan fingerprint density at radius 3 is 1.44 bits per heavy atom. The maximum atomic E-state index is 3.42. The predicted octanol–water partition coefficient (Wildman–Crippen LogP) is -3.13. The zero-order valence-corrected chi connectivity index (χ0v) is 7.52. The van der Waals surface area contributed by atoms with Gasteiger partial charge in [0.2, 0.25) is 0 Å². The molecule has 1 rings (SSSR count). The van der Waals surface area contributed by atoms with E-state index in [1.807, 2.05) is 5.70 Å². The van der Waals surface area contributed by atoms with Gasteiger partial charge in [0.25, 0.3) is 22.6 Å². The van der Waals surface area contributed by atoms with Crippen LogP contribution in [0.2, 0.25) is 0 Å². The smallest absolute Gasteiger partial charge is 0.284 e. The van der Waals surface area contributed by atoms with Crippen LogP contribution in [0.3, 0.4) is 0 Å². The second-order valence-corrected chi connectivity index (χ2v) is 2.16. The molecule has 1 saturated heterocycles. The molecule has 0 aromatic carbocycles. The molecule has 0 aromatic heterocycles. The number of rotatable bonds is 0. The highest BCUT2D eigenvalue weighted by atomic mass is 28.1. The summed E-state index contributed by atoms with van der Waals surface area (Å²) in [5, 5.41) is 8.34. The van der Waals surface area contributed by atoms with Crippen molar-refractivity contribution in [3.63, 3.8) is 0 Å². The zero-order valence-electron chi connectivity index (χ0n) is 5.52. The third-order valence-corrected chi connectivity index (χ3v) is 0.500. The molecule has 45 valence electrons. The molecule has 1 aliphatic heterocycles. The van der Waals surface area contributed by atoms with E-state index in [1.165, 1.54) is 0 Å². The third kappa shape index (κ3) is 8.03. The SMILES string of the molecule is C=C[SiH3].[B]1N[B]N[B]N1. The molecule has 7 heteroatoms. The third-order valence-electron chi connectivity index (χ3n) is 0.500. The minimum atomic E-state index is 1.13. The first-order chi connectivity index (χ1) is 4.41. The van der Waals surface area contributed by atoms with Crippen molar-refractivity contribution in [3.8, 4) is 0 Å². The highest BCUT2D eigenvalue weighted by Gasteiger charge is 1.98. The van der Waals surface area contributed by atoms with Gasteiger partial charge in [-0.2, -0.15) is 0 Å². The summed E-state index contributed by atoms with van der Waals surface area (Å²) >= 11 is 0. The van der Waals surface area contributed by atoms with Crippen molar-refractivity contribution >= 4 is 32.9 Å². The Balaban J connectivity index is 0.000000187. The van der Waals surface area contributed by atoms with Crippen LogP contribution in [0, 0.1) is 0 Å². The van der Waals surface area contributed by atoms with Crippen molar-refractivity contribution in [3.05, 3.63) is 12.3 Å². The Hall–Kier alpha value is 0.0317. The molecule has 0 aromatic rings. The number of hydrogen-bond acceptors (Lipinski definition) is 3. The second kappa shape index (κ2) is 8.03. The Bertz CT molecular complexity index is 56.6. The summed E-state index contributed by atoms with van der Waals surface area (Å²) < 4.78 is 0. The largest absolute Gasteiger partial charge is 0.379 e. The lowest BCUT2D eigenvalue weighted by Crippen LogP contribution is -2.55. The standard InChI is InChI=1S/C2H6Si.B3H3N3/c1-2-3;1-4-2-6-3-5-1/h2H,1H2,3H3;4-6H. The highest BCUT2D eigenvalue weighted by Crippen LogP contribution is 1.46. The van der Waals surface area contributed by atoms with Gasteiger partial charge in [-0.05, 0) is 0 Å². The van der Waals surface area contributed by atoms with E-state index in [2.05, 4.69) is 22.0 Å². The molecular weight excluding hydrogens is 127 g/mol. The van der Waals surface area contributed by atoms with Gasteiger partial charge in [-0.25, -0.2) is 0 Å². The van der Waals surface area contributed by atoms with E-state index in [1.54, 1.807) is 22.6 Å². The van der Waals surface area contributed by atoms with Gasteiger partial charge < -0.3 is 15.4 Å². The van der Waals surface area contributed by atoms with Gasteiger partial charge in [0.15, 0.2) is 0 Å². The Kier molecular flexibility index (Phi) is 8.06. The highest BCUT2D eigenvalue weighted by molar-refractivity contribution is 6.65. The fourth-order valence-electron chi connectivity index (χ4n) is 0.269. The number of hydrogen-bond donors (Lipinski definition) is 3. The van der Waals surface area contributed by atoms with Crippen LogP contribution >= 0.6 is 0 Å². The first kappa shape index (κ1) is 9.03. The molecule has 0 saturated carbocycles. The summed E-state index contributed by atoms with van der Waals surface area (Å²) in [5.41, 5.74) is 1.89. The first-order valence-electron chi connectivity index (χ1n) is 2.72. The summed E-state index contributed by atoms with van der Waals surface area (Å²) in [6.07, 6.45) is 0. The lowest BCUT2D eigenvalue weighted by Gasteiger charge is -2.07. The molecule has 3 N–H and O–H groups in total. The average molecular weight is 136 g/mol. The molecule has 1 heterocycles. The maximum absolute atomic E-state index is 3.42. The van der Waals surface area contributed by atoms with Gasteiger partial charge in [0.1, 0.15) is 0 Å². The summed E-state index contributed by atoms with van der Waals surface area (Å²) in [6.45, 7) is 3.42. The van der Waals surface area contributed by atoms with E-state index < -0.39 is 0 Å². The Labute approximate surface area is 61.3 Å². The van der Waals surface area contributed by atoms with Crippen molar-refractivity contribution in [2.24, 2.45) is 0 Å². The number of nitrogens with one attached hydrogen (secondary N) is 3. The van der Waals surface area contributed by atoms with Crippen molar-refractivity contribution in [2.75, 3.05) is 0 Å². The first-order valence-corrected chi connectivity index (χ1v) is 3.87. The van der Waals surface area contributed by atoms with Crippen LogP contribution in [0.5, 0.6) is 0 Å². The van der Waals surface area contributed by atoms with Gasteiger partial charge >= 0.3 is 0 Å². The van der Waals surface area contributed by atoms with Crippen LogP contribution in [0.4, 0.5) is 0 Å². The fraction of sp³-hybridized carbons (Fsp3) is 0. The van der Waals surface area contributed by atoms with Crippen LogP contribution in [-0.2, 0) is 0 Å². The molecule has 1 fully saturated rings. The normalized spacial score (nSPS) is 15.1. The molecule has 3 radical (unpaired) electrons. The quantitative estimate of drug-likeness (QED) is 0.308. The summed E-state index contributed by atoms with van der Waals surface area (Å²) in [7, 11) is 6.29. The molecule has 3 nitrogen and oxygen atoms in total. The summed E-state index contributed by atoms with van der Waals surface area (Å²) in [4.78, 5) is 0. The molecule has 9 heavy (non-hydrogen) atoms. The molecule has 1 aliphatic rings. The van der Waals surface area contributed by atoms with Crippen molar-refractivity contribution < 1.29 is 0 Å². The molecule has 0 spiro atoms. The minimum absolute atomic E-state index is 1.13. The lowest BCUT2D eigenvalue weighted by atomic mass is 9.85. The Morgan fingerprint density at radius 1 is 1.11 bits per heavy atom. The molecular formula is C2H9B3N3Si. The maximum Gasteiger partial charge on any atom is 0.284 e. The van der Waals surface area contributed by atoms with E-state index in [0.717, 1.165) is 10.2 Å². The van der Waals surface area contributed by atoms with Crippen molar-refractivity contribution in [1.29, 1.82) is 0 Å². The van der Waals surface area contributed by atoms with E-state index in [0.29, 0.717) is 0 Å². The van der Waals surface area contributed by atoms with E-state index in [9.17, 15) is 0 Å². The minimum Gasteiger partial charge on any atom is -0.379 e. The zero-order chi connectivity index (χ0) is 6.95. The summed E-state index contributed by atoms with van der Waals surface area (Å²) in [6, 6.07) is 0. The lowest BCUT2D eigenvalue weighted by molar-refractivity contribution is 1.28. The van der Waals surface area contributed by atoms with Gasteiger partial charge in [-0.1, -0.05) is 0 Å². The second-order valence-electron chi connectivity index (χ2n) is 1.34. The van der Waals surface area contributed by atoms with Gasteiger partial charge in [0, 0.05) is 10.2 Å². The van der Waals surface area contributed by atoms with Crippen molar-refractivity contribution in [1.82, 2.24) is 15.4 Å². The van der Waals surface area contributed by atoms with E-state index in [-0.39, 0.29) is 0 Å². The predicted molar refractivity (Wildman–Crippen MR) is 46.8 cm³/mol. The fourth-order valence-corrected chi connectivity index (χ4v) is 0.269. The van der Waals surface area contributed by atoms with Crippen LogP contribution in [-0.4, -0.2) is 32.9 Å². The Morgan fingerprint density at radius 2 is 1.33 bits per heavy atom. The molecule has 0 unspecified atom stereocenters. The molecule has 0 aliphatic carbocycles. The van der Waals surface area contributed by atoms with Gasteiger partial charge in [-0.15, -0.1) is 12.3 Å². The van der Waals surface area contributed by atoms with Gasteiger partial charge in [-0.3, -0.25) is 0 Å².